The molecule has 0 saturated carbocycles. The van der Waals surface area contributed by atoms with Crippen LogP contribution in [-0.2, 0) is 4.79 Å². The number of hydrogen-bond acceptors (Lipinski definition) is 5. The van der Waals surface area contributed by atoms with Crippen LogP contribution < -0.4 is 10.6 Å². The van der Waals surface area contributed by atoms with E-state index in [2.05, 4.69) is 34.5 Å². The van der Waals surface area contributed by atoms with Crippen molar-refractivity contribution in [2.45, 2.75) is 39.7 Å². The molecule has 1 amide bonds. The molecular weight excluding hydrogens is 268 g/mol. The average Bonchev–Trinajstić information content (AvgIpc) is 2.84. The van der Waals surface area contributed by atoms with Gasteiger partial charge in [0.1, 0.15) is 0 Å². The molecule has 0 aliphatic carbocycles. The Labute approximate surface area is 126 Å². The molecule has 1 aliphatic rings. The van der Waals surface area contributed by atoms with E-state index in [-0.39, 0.29) is 5.91 Å². The van der Waals surface area contributed by atoms with Crippen LogP contribution >= 0.6 is 0 Å². The molecule has 2 rings (SSSR count). The minimum absolute atomic E-state index is 0.0522. The van der Waals surface area contributed by atoms with Gasteiger partial charge >= 0.3 is 0 Å². The second-order valence-electron chi connectivity index (χ2n) is 6.12. The maximum absolute atomic E-state index is 12.1. The third kappa shape index (κ3) is 5.13. The summed E-state index contributed by atoms with van der Waals surface area (Å²) in [6.07, 6.45) is 2.46. The van der Waals surface area contributed by atoms with Crippen LogP contribution in [0, 0.1) is 12.8 Å². The number of aromatic nitrogens is 1. The van der Waals surface area contributed by atoms with Gasteiger partial charge in [-0.2, -0.15) is 0 Å². The van der Waals surface area contributed by atoms with Crippen molar-refractivity contribution in [2.24, 2.45) is 5.92 Å². The van der Waals surface area contributed by atoms with E-state index in [1.165, 1.54) is 12.8 Å². The van der Waals surface area contributed by atoms with Gasteiger partial charge in [-0.05, 0) is 52.6 Å². The van der Waals surface area contributed by atoms with Crippen molar-refractivity contribution in [2.75, 3.05) is 31.5 Å². The summed E-state index contributed by atoms with van der Waals surface area (Å²) in [5.74, 6) is 0.991. The predicted octanol–water partition coefficient (Wildman–Crippen LogP) is 1.63. The van der Waals surface area contributed by atoms with Gasteiger partial charge in [-0.15, -0.1) is 0 Å². The quantitative estimate of drug-likeness (QED) is 0.834. The van der Waals surface area contributed by atoms with Gasteiger partial charge in [0, 0.05) is 18.7 Å². The third-order valence-corrected chi connectivity index (χ3v) is 3.86. The number of nitrogens with one attached hydrogen (secondary N) is 2. The van der Waals surface area contributed by atoms with Gasteiger partial charge in [0.2, 0.25) is 11.8 Å². The molecule has 21 heavy (non-hydrogen) atoms. The highest BCUT2D eigenvalue weighted by Gasteiger charge is 2.21. The van der Waals surface area contributed by atoms with Crippen molar-refractivity contribution >= 4 is 11.8 Å². The molecule has 1 atom stereocenters. The second-order valence-corrected chi connectivity index (χ2v) is 6.12. The number of amides is 1. The molecule has 6 heteroatoms. The molecule has 0 bridgehead atoms. The monoisotopic (exact) mass is 294 g/mol. The first kappa shape index (κ1) is 16.0. The SMILES string of the molecule is Cc1cc(NC(=O)CN(CC2CCCNC2)C(C)C)on1. The van der Waals surface area contributed by atoms with Crippen LogP contribution in [0.2, 0.25) is 0 Å². The normalized spacial score (nSPS) is 19.2. The third-order valence-electron chi connectivity index (χ3n) is 3.86. The van der Waals surface area contributed by atoms with Gasteiger partial charge < -0.3 is 9.84 Å². The van der Waals surface area contributed by atoms with Crippen LogP contribution in [0.25, 0.3) is 0 Å². The summed E-state index contributed by atoms with van der Waals surface area (Å²) in [6, 6.07) is 2.07. The summed E-state index contributed by atoms with van der Waals surface area (Å²) in [7, 11) is 0. The maximum atomic E-state index is 12.1. The molecule has 118 valence electrons. The predicted molar refractivity (Wildman–Crippen MR) is 82.2 cm³/mol. The number of aryl methyl sites for hydroxylation is 1. The zero-order valence-corrected chi connectivity index (χ0v) is 13.2. The molecule has 1 aromatic heterocycles. The Morgan fingerprint density at radius 2 is 2.43 bits per heavy atom. The highest BCUT2D eigenvalue weighted by Crippen LogP contribution is 2.14. The van der Waals surface area contributed by atoms with E-state index in [9.17, 15) is 4.79 Å². The number of rotatable bonds is 6. The molecule has 0 aromatic carbocycles. The molecule has 1 unspecified atom stereocenters. The Kier molecular flexibility index (Phi) is 5.76. The van der Waals surface area contributed by atoms with Gasteiger partial charge in [0.25, 0.3) is 0 Å². The van der Waals surface area contributed by atoms with E-state index in [1.807, 2.05) is 6.92 Å². The molecule has 0 spiro atoms. The van der Waals surface area contributed by atoms with Crippen molar-refractivity contribution in [3.63, 3.8) is 0 Å². The number of hydrogen-bond donors (Lipinski definition) is 2. The topological polar surface area (TPSA) is 70.4 Å². The second kappa shape index (κ2) is 7.56. The fourth-order valence-electron chi connectivity index (χ4n) is 2.65. The van der Waals surface area contributed by atoms with Gasteiger partial charge in [0.05, 0.1) is 12.2 Å². The molecular formula is C15H26N4O2. The zero-order valence-electron chi connectivity index (χ0n) is 13.2. The molecule has 1 aromatic rings. The van der Waals surface area contributed by atoms with E-state index >= 15 is 0 Å². The van der Waals surface area contributed by atoms with E-state index in [1.54, 1.807) is 6.07 Å². The molecule has 1 aliphatic heterocycles. The molecule has 2 N–H and O–H groups in total. The number of carbonyl (C=O) groups excluding carboxylic acids is 1. The highest BCUT2D eigenvalue weighted by atomic mass is 16.5. The smallest absolute Gasteiger partial charge is 0.240 e. The summed E-state index contributed by atoms with van der Waals surface area (Å²) >= 11 is 0. The molecule has 1 fully saturated rings. The van der Waals surface area contributed by atoms with Crippen LogP contribution in [0.1, 0.15) is 32.4 Å². The van der Waals surface area contributed by atoms with Gasteiger partial charge in [-0.25, -0.2) is 0 Å². The zero-order chi connectivity index (χ0) is 15.2. The molecule has 0 radical (unpaired) electrons. The summed E-state index contributed by atoms with van der Waals surface area (Å²) in [5.41, 5.74) is 0.763. The van der Waals surface area contributed by atoms with Crippen LogP contribution in [0.4, 0.5) is 5.88 Å². The summed E-state index contributed by atoms with van der Waals surface area (Å²) < 4.78 is 5.02. The molecule has 6 nitrogen and oxygen atoms in total. The van der Waals surface area contributed by atoms with Crippen LogP contribution in [0.3, 0.4) is 0 Å². The lowest BCUT2D eigenvalue weighted by molar-refractivity contribution is -0.118. The van der Waals surface area contributed by atoms with Crippen LogP contribution in [0.5, 0.6) is 0 Å². The van der Waals surface area contributed by atoms with Crippen molar-refractivity contribution < 1.29 is 9.32 Å². The first-order chi connectivity index (χ1) is 10.0. The Morgan fingerprint density at radius 3 is 3.00 bits per heavy atom. The Balaban J connectivity index is 1.84. The highest BCUT2D eigenvalue weighted by molar-refractivity contribution is 5.90. The lowest BCUT2D eigenvalue weighted by Crippen LogP contribution is -2.44. The van der Waals surface area contributed by atoms with E-state index < -0.39 is 0 Å². The van der Waals surface area contributed by atoms with Crippen LogP contribution in [-0.4, -0.2) is 48.2 Å². The summed E-state index contributed by atoms with van der Waals surface area (Å²) in [4.78, 5) is 14.3. The fourth-order valence-corrected chi connectivity index (χ4v) is 2.65. The van der Waals surface area contributed by atoms with Crippen molar-refractivity contribution in [3.05, 3.63) is 11.8 Å². The number of piperidine rings is 1. The first-order valence-electron chi connectivity index (χ1n) is 7.72. The van der Waals surface area contributed by atoms with Crippen molar-refractivity contribution in [1.29, 1.82) is 0 Å². The van der Waals surface area contributed by atoms with Gasteiger partial charge in [-0.1, -0.05) is 5.16 Å². The summed E-state index contributed by atoms with van der Waals surface area (Å²) in [5, 5.41) is 9.95. The van der Waals surface area contributed by atoms with Crippen molar-refractivity contribution in [3.8, 4) is 0 Å². The minimum atomic E-state index is -0.0522. The maximum Gasteiger partial charge on any atom is 0.240 e. The number of carbonyl (C=O) groups is 1. The lowest BCUT2D eigenvalue weighted by atomic mass is 9.98. The number of anilines is 1. The standard InChI is InChI=1S/C15H26N4O2/c1-11(2)19(9-13-5-4-6-16-8-13)10-14(20)17-15-7-12(3)18-21-15/h7,11,13,16H,4-6,8-10H2,1-3H3,(H,17,20). The largest absolute Gasteiger partial charge is 0.338 e. The first-order valence-corrected chi connectivity index (χ1v) is 7.72. The number of nitrogens with zero attached hydrogens (tertiary/aromatic N) is 2. The Bertz CT molecular complexity index is 452. The molecule has 1 saturated heterocycles. The Morgan fingerprint density at radius 1 is 1.62 bits per heavy atom. The van der Waals surface area contributed by atoms with Gasteiger partial charge in [-0.3, -0.25) is 15.0 Å². The lowest BCUT2D eigenvalue weighted by Gasteiger charge is -2.32. The van der Waals surface area contributed by atoms with Gasteiger partial charge in [0.15, 0.2) is 0 Å². The summed E-state index contributed by atoms with van der Waals surface area (Å²) in [6.45, 7) is 9.58. The molecule has 2 heterocycles. The van der Waals surface area contributed by atoms with Crippen molar-refractivity contribution in [1.82, 2.24) is 15.4 Å². The average molecular weight is 294 g/mol. The van der Waals surface area contributed by atoms with E-state index in [4.69, 9.17) is 4.52 Å². The minimum Gasteiger partial charge on any atom is -0.338 e. The van der Waals surface area contributed by atoms with Crippen LogP contribution in [0.15, 0.2) is 10.6 Å². The van der Waals surface area contributed by atoms with E-state index in [0.29, 0.717) is 24.4 Å². The van der Waals surface area contributed by atoms with E-state index in [0.717, 1.165) is 25.3 Å². The Hall–Kier alpha value is -1.40. The fraction of sp³-hybridized carbons (Fsp3) is 0.733.